The quantitative estimate of drug-likeness (QED) is 0.575. The first-order chi connectivity index (χ1) is 15.5. The number of likely N-dealkylation sites (N-methyl/N-ethyl adjacent to an activating group) is 1. The second-order valence-corrected chi connectivity index (χ2v) is 7.74. The number of para-hydroxylation sites is 1. The molecule has 0 bridgehead atoms. The highest BCUT2D eigenvalue weighted by Gasteiger charge is 2.21. The van der Waals surface area contributed by atoms with Gasteiger partial charge in [-0.05, 0) is 43.3 Å². The molecule has 0 aliphatic carbocycles. The van der Waals surface area contributed by atoms with Crippen LogP contribution < -0.4 is 19.7 Å². The number of rotatable bonds is 7. The summed E-state index contributed by atoms with van der Waals surface area (Å²) in [4.78, 5) is 28.3. The number of carbonyl (C=O) groups excluding carboxylic acids is 2. The Morgan fingerprint density at radius 1 is 0.906 bits per heavy atom. The number of ether oxygens (including phenoxy) is 2. The summed E-state index contributed by atoms with van der Waals surface area (Å²) in [5.74, 6) is 0.652. The molecule has 1 heterocycles. The first kappa shape index (κ1) is 21.4. The Bertz CT molecular complexity index is 1110. The summed E-state index contributed by atoms with van der Waals surface area (Å²) in [7, 11) is 1.99. The molecule has 3 aromatic carbocycles. The minimum Gasteiger partial charge on any atom is -0.486 e. The monoisotopic (exact) mass is 430 g/mol. The van der Waals surface area contributed by atoms with Crippen molar-refractivity contribution in [3.63, 3.8) is 0 Å². The fourth-order valence-electron chi connectivity index (χ4n) is 3.61. The predicted octanol–water partition coefficient (Wildman–Crippen LogP) is 3.94. The third kappa shape index (κ3) is 4.59. The first-order valence-corrected chi connectivity index (χ1v) is 10.6. The number of ketones is 1. The number of hydrogen-bond donors (Lipinski definition) is 1. The highest BCUT2D eigenvalue weighted by Crippen LogP contribution is 2.31. The summed E-state index contributed by atoms with van der Waals surface area (Å²) in [6.07, 6.45) is 0. The van der Waals surface area contributed by atoms with Crippen molar-refractivity contribution < 1.29 is 19.1 Å². The van der Waals surface area contributed by atoms with Gasteiger partial charge in [-0.25, -0.2) is 0 Å². The van der Waals surface area contributed by atoms with Gasteiger partial charge >= 0.3 is 0 Å². The molecule has 1 N–H and O–H groups in total. The molecule has 0 aromatic heterocycles. The zero-order chi connectivity index (χ0) is 22.5. The van der Waals surface area contributed by atoms with E-state index in [1.54, 1.807) is 42.5 Å². The minimum absolute atomic E-state index is 0.0713. The van der Waals surface area contributed by atoms with Crippen LogP contribution in [0.25, 0.3) is 0 Å². The molecule has 0 saturated heterocycles. The van der Waals surface area contributed by atoms with Crippen LogP contribution in [0.4, 0.5) is 5.69 Å². The van der Waals surface area contributed by atoms with Gasteiger partial charge < -0.3 is 19.7 Å². The number of carbonyl (C=O) groups is 2. The Labute approximate surface area is 187 Å². The molecule has 0 radical (unpaired) electrons. The highest BCUT2D eigenvalue weighted by molar-refractivity contribution is 6.15. The van der Waals surface area contributed by atoms with Gasteiger partial charge in [0.15, 0.2) is 17.3 Å². The number of anilines is 1. The Morgan fingerprint density at radius 2 is 1.56 bits per heavy atom. The van der Waals surface area contributed by atoms with Crippen molar-refractivity contribution >= 4 is 17.4 Å². The maximum atomic E-state index is 13.2. The number of benzene rings is 3. The third-order valence-corrected chi connectivity index (χ3v) is 5.60. The van der Waals surface area contributed by atoms with E-state index in [2.05, 4.69) is 10.2 Å². The van der Waals surface area contributed by atoms with Crippen LogP contribution in [-0.4, -0.2) is 44.5 Å². The molecule has 1 aliphatic rings. The molecule has 1 atom stereocenters. The Kier molecular flexibility index (Phi) is 6.40. The molecule has 0 spiro atoms. The third-order valence-electron chi connectivity index (χ3n) is 5.60. The van der Waals surface area contributed by atoms with Gasteiger partial charge in [-0.2, -0.15) is 0 Å². The van der Waals surface area contributed by atoms with Crippen molar-refractivity contribution in [2.24, 2.45) is 0 Å². The number of fused-ring (bicyclic) bond motifs is 1. The van der Waals surface area contributed by atoms with E-state index in [9.17, 15) is 9.59 Å². The molecule has 1 amide bonds. The fourth-order valence-corrected chi connectivity index (χ4v) is 3.61. The molecular formula is C26H26N2O4. The Balaban J connectivity index is 1.48. The highest BCUT2D eigenvalue weighted by atomic mass is 16.6. The van der Waals surface area contributed by atoms with Crippen LogP contribution in [-0.2, 0) is 0 Å². The van der Waals surface area contributed by atoms with Crippen molar-refractivity contribution in [1.82, 2.24) is 5.32 Å². The summed E-state index contributed by atoms with van der Waals surface area (Å²) in [5.41, 5.74) is 2.22. The predicted molar refractivity (Wildman–Crippen MR) is 124 cm³/mol. The summed E-state index contributed by atoms with van der Waals surface area (Å²) in [6, 6.07) is 22.0. The molecule has 4 rings (SSSR count). The van der Waals surface area contributed by atoms with Gasteiger partial charge in [0.1, 0.15) is 13.2 Å². The molecule has 0 unspecified atom stereocenters. The summed E-state index contributed by atoms with van der Waals surface area (Å²) in [5, 5.41) is 2.97. The summed E-state index contributed by atoms with van der Waals surface area (Å²) >= 11 is 0. The zero-order valence-electron chi connectivity index (χ0n) is 18.2. The van der Waals surface area contributed by atoms with Crippen molar-refractivity contribution in [3.8, 4) is 11.5 Å². The first-order valence-electron chi connectivity index (χ1n) is 10.6. The van der Waals surface area contributed by atoms with Crippen molar-refractivity contribution in [2.75, 3.05) is 31.7 Å². The van der Waals surface area contributed by atoms with Gasteiger partial charge in [0.25, 0.3) is 5.91 Å². The van der Waals surface area contributed by atoms with E-state index >= 15 is 0 Å². The number of nitrogens with zero attached hydrogens (tertiary/aromatic N) is 1. The average molecular weight is 431 g/mol. The lowest BCUT2D eigenvalue weighted by Gasteiger charge is -2.27. The molecular weight excluding hydrogens is 404 g/mol. The van der Waals surface area contributed by atoms with E-state index in [-0.39, 0.29) is 17.7 Å². The van der Waals surface area contributed by atoms with E-state index in [1.165, 1.54) is 0 Å². The SMILES string of the molecule is C[C@@H](CNC(=O)c1ccccc1C(=O)c1ccc2c(c1)OCCO2)N(C)c1ccccc1. The smallest absolute Gasteiger partial charge is 0.252 e. The van der Waals surface area contributed by atoms with Crippen LogP contribution in [0.15, 0.2) is 72.8 Å². The van der Waals surface area contributed by atoms with Crippen molar-refractivity contribution in [2.45, 2.75) is 13.0 Å². The molecule has 32 heavy (non-hydrogen) atoms. The van der Waals surface area contributed by atoms with Crippen LogP contribution in [0, 0.1) is 0 Å². The van der Waals surface area contributed by atoms with E-state index in [0.717, 1.165) is 5.69 Å². The lowest BCUT2D eigenvalue weighted by Crippen LogP contribution is -2.40. The molecule has 6 nitrogen and oxygen atoms in total. The topological polar surface area (TPSA) is 67.9 Å². The lowest BCUT2D eigenvalue weighted by molar-refractivity contribution is 0.0940. The van der Waals surface area contributed by atoms with Crippen LogP contribution in [0.1, 0.15) is 33.2 Å². The lowest BCUT2D eigenvalue weighted by atomic mass is 9.97. The fraction of sp³-hybridized carbons (Fsp3) is 0.231. The van der Waals surface area contributed by atoms with E-state index in [1.807, 2.05) is 44.3 Å². The van der Waals surface area contributed by atoms with Gasteiger partial charge in [0, 0.05) is 36.4 Å². The standard InChI is InChI=1S/C26H26N2O4/c1-18(28(2)20-8-4-3-5-9-20)17-27-26(30)22-11-7-6-10-21(22)25(29)19-12-13-23-24(16-19)32-15-14-31-23/h3-13,16,18H,14-15,17H2,1-2H3,(H,27,30)/t18-/m0/s1. The molecule has 6 heteroatoms. The number of amides is 1. The zero-order valence-corrected chi connectivity index (χ0v) is 18.2. The molecule has 0 fully saturated rings. The van der Waals surface area contributed by atoms with Crippen molar-refractivity contribution in [3.05, 3.63) is 89.5 Å². The second kappa shape index (κ2) is 9.56. The van der Waals surface area contributed by atoms with Gasteiger partial charge in [-0.15, -0.1) is 0 Å². The Morgan fingerprint density at radius 3 is 2.31 bits per heavy atom. The molecule has 164 valence electrons. The summed E-state index contributed by atoms with van der Waals surface area (Å²) < 4.78 is 11.1. The second-order valence-electron chi connectivity index (χ2n) is 7.74. The Hall–Kier alpha value is -3.80. The maximum absolute atomic E-state index is 13.2. The van der Waals surface area contributed by atoms with Crippen LogP contribution in [0.2, 0.25) is 0 Å². The minimum atomic E-state index is -0.278. The van der Waals surface area contributed by atoms with Gasteiger partial charge in [-0.3, -0.25) is 9.59 Å². The average Bonchev–Trinajstić information content (AvgIpc) is 2.86. The van der Waals surface area contributed by atoms with Gasteiger partial charge in [0.2, 0.25) is 0 Å². The van der Waals surface area contributed by atoms with E-state index < -0.39 is 0 Å². The largest absolute Gasteiger partial charge is 0.486 e. The van der Waals surface area contributed by atoms with Crippen LogP contribution in [0.5, 0.6) is 11.5 Å². The molecule has 1 aliphatic heterocycles. The van der Waals surface area contributed by atoms with E-state index in [0.29, 0.717) is 47.9 Å². The molecule has 3 aromatic rings. The van der Waals surface area contributed by atoms with Gasteiger partial charge in [-0.1, -0.05) is 36.4 Å². The number of hydrogen-bond acceptors (Lipinski definition) is 5. The van der Waals surface area contributed by atoms with Crippen LogP contribution in [0.3, 0.4) is 0 Å². The number of nitrogens with one attached hydrogen (secondary N) is 1. The summed E-state index contributed by atoms with van der Waals surface area (Å²) in [6.45, 7) is 3.41. The van der Waals surface area contributed by atoms with E-state index in [4.69, 9.17) is 9.47 Å². The normalized spacial score (nSPS) is 13.2. The van der Waals surface area contributed by atoms with Crippen LogP contribution >= 0.6 is 0 Å². The maximum Gasteiger partial charge on any atom is 0.252 e. The van der Waals surface area contributed by atoms with Gasteiger partial charge in [0.05, 0.1) is 5.56 Å². The molecule has 0 saturated carbocycles. The van der Waals surface area contributed by atoms with Crippen molar-refractivity contribution in [1.29, 1.82) is 0 Å².